The molecule has 0 aromatic heterocycles. The SMILES string of the molecule is Nc1cc(Br)c(Cl)c(Br)c1N. The molecule has 0 spiro atoms. The van der Waals surface area contributed by atoms with E-state index in [4.69, 9.17) is 23.1 Å². The second-order valence-electron chi connectivity index (χ2n) is 1.99. The summed E-state index contributed by atoms with van der Waals surface area (Å²) in [5, 5.41) is 0.539. The summed E-state index contributed by atoms with van der Waals surface area (Å²) in [5.41, 5.74) is 12.1. The molecular weight excluding hydrogens is 295 g/mol. The summed E-state index contributed by atoms with van der Waals surface area (Å²) in [7, 11) is 0. The number of halogens is 3. The highest BCUT2D eigenvalue weighted by Crippen LogP contribution is 2.38. The summed E-state index contributed by atoms with van der Waals surface area (Å²) in [6.45, 7) is 0. The van der Waals surface area contributed by atoms with Crippen LogP contribution in [0.25, 0.3) is 0 Å². The van der Waals surface area contributed by atoms with Gasteiger partial charge in [-0.15, -0.1) is 0 Å². The molecule has 4 N–H and O–H groups in total. The average Bonchev–Trinajstić information content (AvgIpc) is 1.97. The first-order valence-corrected chi connectivity index (χ1v) is 4.69. The number of nitrogens with two attached hydrogens (primary N) is 2. The highest BCUT2D eigenvalue weighted by Gasteiger charge is 2.08. The predicted octanol–water partition coefficient (Wildman–Crippen LogP) is 3.03. The summed E-state index contributed by atoms with van der Waals surface area (Å²) < 4.78 is 1.36. The Morgan fingerprint density at radius 1 is 1.27 bits per heavy atom. The first kappa shape index (κ1) is 9.16. The molecule has 0 saturated heterocycles. The summed E-state index contributed by atoms with van der Waals surface area (Å²) >= 11 is 12.3. The van der Waals surface area contributed by atoms with Crippen molar-refractivity contribution in [1.82, 2.24) is 0 Å². The minimum Gasteiger partial charge on any atom is -0.397 e. The first-order chi connectivity index (χ1) is 5.04. The van der Waals surface area contributed by atoms with Crippen LogP contribution in [0.15, 0.2) is 15.0 Å². The molecule has 60 valence electrons. The quantitative estimate of drug-likeness (QED) is 0.571. The Labute approximate surface area is 86.1 Å². The van der Waals surface area contributed by atoms with E-state index in [2.05, 4.69) is 31.9 Å². The van der Waals surface area contributed by atoms with Crippen LogP contribution in [0.1, 0.15) is 0 Å². The maximum Gasteiger partial charge on any atom is 0.0712 e. The number of hydrogen-bond acceptors (Lipinski definition) is 2. The topological polar surface area (TPSA) is 52.0 Å². The minimum absolute atomic E-state index is 0.471. The number of rotatable bonds is 0. The second kappa shape index (κ2) is 3.21. The van der Waals surface area contributed by atoms with Crippen molar-refractivity contribution >= 4 is 54.8 Å². The van der Waals surface area contributed by atoms with Crippen LogP contribution in [0.5, 0.6) is 0 Å². The zero-order chi connectivity index (χ0) is 8.59. The molecule has 1 rings (SSSR count). The van der Waals surface area contributed by atoms with Crippen LogP contribution in [0.3, 0.4) is 0 Å². The third-order valence-electron chi connectivity index (χ3n) is 1.23. The maximum absolute atomic E-state index is 5.83. The van der Waals surface area contributed by atoms with E-state index >= 15 is 0 Å². The minimum atomic E-state index is 0.471. The summed E-state index contributed by atoms with van der Waals surface area (Å²) in [6.07, 6.45) is 0. The van der Waals surface area contributed by atoms with E-state index < -0.39 is 0 Å². The lowest BCUT2D eigenvalue weighted by molar-refractivity contribution is 1.58. The van der Waals surface area contributed by atoms with Gasteiger partial charge in [0.25, 0.3) is 0 Å². The molecule has 0 amide bonds. The van der Waals surface area contributed by atoms with E-state index in [1.807, 2.05) is 0 Å². The molecule has 0 aliphatic heterocycles. The van der Waals surface area contributed by atoms with E-state index in [-0.39, 0.29) is 0 Å². The van der Waals surface area contributed by atoms with Crippen LogP contribution in [-0.4, -0.2) is 0 Å². The molecule has 0 aliphatic rings. The lowest BCUT2D eigenvalue weighted by Gasteiger charge is -2.05. The fourth-order valence-corrected chi connectivity index (χ4v) is 1.94. The van der Waals surface area contributed by atoms with Gasteiger partial charge in [0, 0.05) is 4.47 Å². The first-order valence-electron chi connectivity index (χ1n) is 2.72. The van der Waals surface area contributed by atoms with E-state index in [9.17, 15) is 0 Å². The van der Waals surface area contributed by atoms with Crippen molar-refractivity contribution in [3.8, 4) is 0 Å². The van der Waals surface area contributed by atoms with Crippen molar-refractivity contribution in [2.24, 2.45) is 0 Å². The zero-order valence-corrected chi connectivity index (χ0v) is 9.29. The van der Waals surface area contributed by atoms with Crippen LogP contribution >= 0.6 is 43.5 Å². The Bertz CT molecular complexity index is 275. The normalized spacial score (nSPS) is 10.1. The van der Waals surface area contributed by atoms with Gasteiger partial charge in [0.05, 0.1) is 20.9 Å². The van der Waals surface area contributed by atoms with Crippen molar-refractivity contribution in [3.05, 3.63) is 20.0 Å². The van der Waals surface area contributed by atoms with E-state index in [1.165, 1.54) is 0 Å². The zero-order valence-electron chi connectivity index (χ0n) is 5.37. The van der Waals surface area contributed by atoms with Crippen LogP contribution in [0, 0.1) is 0 Å². The highest BCUT2D eigenvalue weighted by molar-refractivity contribution is 9.11. The Morgan fingerprint density at radius 3 is 2.36 bits per heavy atom. The molecule has 0 aliphatic carbocycles. The van der Waals surface area contributed by atoms with E-state index in [0.29, 0.717) is 20.9 Å². The van der Waals surface area contributed by atoms with Crippen LogP contribution in [0.4, 0.5) is 11.4 Å². The van der Waals surface area contributed by atoms with Crippen LogP contribution in [-0.2, 0) is 0 Å². The van der Waals surface area contributed by atoms with Crippen molar-refractivity contribution in [3.63, 3.8) is 0 Å². The second-order valence-corrected chi connectivity index (χ2v) is 4.01. The van der Waals surface area contributed by atoms with Crippen molar-refractivity contribution in [2.75, 3.05) is 11.5 Å². The molecule has 0 atom stereocenters. The summed E-state index contributed by atoms with van der Waals surface area (Å²) in [4.78, 5) is 0. The lowest BCUT2D eigenvalue weighted by Crippen LogP contribution is -1.96. The fourth-order valence-electron chi connectivity index (χ4n) is 0.627. The van der Waals surface area contributed by atoms with Gasteiger partial charge in [-0.25, -0.2) is 0 Å². The molecule has 0 radical (unpaired) electrons. The summed E-state index contributed by atoms with van der Waals surface area (Å²) in [6, 6.07) is 1.67. The van der Waals surface area contributed by atoms with Gasteiger partial charge in [-0.05, 0) is 37.9 Å². The summed E-state index contributed by atoms with van der Waals surface area (Å²) in [5.74, 6) is 0. The Balaban J connectivity index is 3.46. The molecule has 0 heterocycles. The van der Waals surface area contributed by atoms with Gasteiger partial charge in [-0.1, -0.05) is 11.6 Å². The van der Waals surface area contributed by atoms with E-state index in [0.717, 1.165) is 4.47 Å². The lowest BCUT2D eigenvalue weighted by atomic mass is 10.3. The van der Waals surface area contributed by atoms with Crippen LogP contribution in [0.2, 0.25) is 5.02 Å². The molecule has 1 aromatic carbocycles. The number of anilines is 2. The Kier molecular flexibility index (Phi) is 2.67. The number of nitrogen functional groups attached to an aromatic ring is 2. The molecule has 2 nitrogen and oxygen atoms in total. The van der Waals surface area contributed by atoms with Gasteiger partial charge in [0.1, 0.15) is 0 Å². The number of benzene rings is 1. The largest absolute Gasteiger partial charge is 0.397 e. The number of hydrogen-bond donors (Lipinski definition) is 2. The molecule has 0 unspecified atom stereocenters. The van der Waals surface area contributed by atoms with E-state index in [1.54, 1.807) is 6.07 Å². The van der Waals surface area contributed by atoms with Crippen molar-refractivity contribution < 1.29 is 0 Å². The van der Waals surface area contributed by atoms with Crippen molar-refractivity contribution in [2.45, 2.75) is 0 Å². The Hall–Kier alpha value is 0.0700. The average molecular weight is 300 g/mol. The third kappa shape index (κ3) is 1.63. The molecule has 0 saturated carbocycles. The highest BCUT2D eigenvalue weighted by atomic mass is 79.9. The van der Waals surface area contributed by atoms with Gasteiger partial charge in [-0.3, -0.25) is 0 Å². The smallest absolute Gasteiger partial charge is 0.0712 e. The molecular formula is C6H5Br2ClN2. The van der Waals surface area contributed by atoms with Gasteiger partial charge >= 0.3 is 0 Å². The maximum atomic E-state index is 5.83. The van der Waals surface area contributed by atoms with Crippen LogP contribution < -0.4 is 11.5 Å². The molecule has 0 bridgehead atoms. The van der Waals surface area contributed by atoms with Gasteiger partial charge in [-0.2, -0.15) is 0 Å². The molecule has 11 heavy (non-hydrogen) atoms. The fraction of sp³-hybridized carbons (Fsp3) is 0. The molecule has 0 fully saturated rings. The third-order valence-corrected chi connectivity index (χ3v) is 3.53. The van der Waals surface area contributed by atoms with Crippen molar-refractivity contribution in [1.29, 1.82) is 0 Å². The molecule has 1 aromatic rings. The Morgan fingerprint density at radius 2 is 1.82 bits per heavy atom. The standard InChI is InChI=1S/C6H5Br2ClN2/c7-2-1-3(10)6(11)4(8)5(2)9/h1H,10-11H2. The van der Waals surface area contributed by atoms with Gasteiger partial charge < -0.3 is 11.5 Å². The predicted molar refractivity (Wildman–Crippen MR) is 55.7 cm³/mol. The van der Waals surface area contributed by atoms with Gasteiger partial charge in [0.2, 0.25) is 0 Å². The van der Waals surface area contributed by atoms with Gasteiger partial charge in [0.15, 0.2) is 0 Å². The molecule has 5 heteroatoms. The monoisotopic (exact) mass is 298 g/mol.